The Morgan fingerprint density at radius 2 is 1.00 bits per heavy atom. The normalized spacial score (nSPS) is 10.8. The van der Waals surface area contributed by atoms with Crippen molar-refractivity contribution in [2.24, 2.45) is 0 Å². The summed E-state index contributed by atoms with van der Waals surface area (Å²) in [7, 11) is 0. The lowest BCUT2D eigenvalue weighted by Crippen LogP contribution is -2.15. The molecule has 8 rings (SSSR count). The van der Waals surface area contributed by atoms with E-state index in [0.29, 0.717) is 48.8 Å². The lowest BCUT2D eigenvalue weighted by Gasteiger charge is -2.07. The minimum Gasteiger partial charge on any atom is -0.478 e. The van der Waals surface area contributed by atoms with Crippen molar-refractivity contribution in [3.8, 4) is 22.3 Å². The smallest absolute Gasteiger partial charge is 0.339 e. The van der Waals surface area contributed by atoms with Crippen molar-refractivity contribution < 1.29 is 29.4 Å². The maximum atomic E-state index is 12.6. The number of carboxylic acid groups (broad SMARTS) is 2. The van der Waals surface area contributed by atoms with Crippen molar-refractivity contribution in [3.05, 3.63) is 159 Å². The number of fused-ring (bicyclic) bond motifs is 2. The largest absolute Gasteiger partial charge is 0.478 e. The van der Waals surface area contributed by atoms with E-state index in [1.807, 2.05) is 36.4 Å². The average Bonchev–Trinajstić information content (AvgIpc) is 3.83. The highest BCUT2D eigenvalue weighted by atomic mass is 35.5. The molecule has 2 amide bonds. The van der Waals surface area contributed by atoms with Crippen molar-refractivity contribution in [1.29, 1.82) is 0 Å². The zero-order valence-corrected chi connectivity index (χ0v) is 31.7. The standard InChI is InChI=1S/C21H13ClN2O3S.C20H12ClN3O3S/c22-14-8-5-12(6-9-14)15-11-28-20(18(15)21(26)27)24-19(25)17-10-7-13-3-1-2-4-16(13)23-17;21-12-7-5-11(6-8-12)13-10-28-19(17(13)20(26)27)24-18(25)16-9-22-14-3-1-2-4-15(14)23-16/h1-11H,(H,24,25)(H,26,27);1-10H,(H,24,25)(H,26,27). The molecule has 0 aliphatic rings. The molecule has 0 aliphatic heterocycles. The zero-order valence-electron chi connectivity index (χ0n) is 28.6. The second-order valence-electron chi connectivity index (χ2n) is 11.9. The van der Waals surface area contributed by atoms with Crippen molar-refractivity contribution in [2.75, 3.05) is 10.6 Å². The summed E-state index contributed by atoms with van der Waals surface area (Å²) in [6.07, 6.45) is 1.37. The maximum Gasteiger partial charge on any atom is 0.339 e. The first kappa shape index (κ1) is 37.8. The monoisotopic (exact) mass is 817 g/mol. The molecule has 0 fully saturated rings. The number of anilines is 2. The molecule has 0 atom stereocenters. The number of aromatic nitrogens is 3. The number of carbonyl (C=O) groups is 4. The van der Waals surface area contributed by atoms with Gasteiger partial charge in [0.1, 0.15) is 32.5 Å². The SMILES string of the molecule is O=C(Nc1scc(-c2ccc(Cl)cc2)c1C(=O)O)c1ccc2ccccc2n1.O=C(Nc1scc(-c2ccc(Cl)cc2)c1C(=O)O)c1cnc2ccccc2n1. The number of nitrogens with one attached hydrogen (secondary N) is 2. The van der Waals surface area contributed by atoms with Gasteiger partial charge in [-0.1, -0.05) is 83.9 Å². The fourth-order valence-electron chi connectivity index (χ4n) is 5.60. The first-order chi connectivity index (χ1) is 27.0. The summed E-state index contributed by atoms with van der Waals surface area (Å²) in [6.45, 7) is 0. The molecular formula is C41H25Cl2N5O6S2. The number of para-hydroxylation sites is 3. The van der Waals surface area contributed by atoms with Crippen molar-refractivity contribution in [1.82, 2.24) is 15.0 Å². The van der Waals surface area contributed by atoms with E-state index >= 15 is 0 Å². The van der Waals surface area contributed by atoms with Crippen LogP contribution in [0, 0.1) is 0 Å². The van der Waals surface area contributed by atoms with Gasteiger partial charge in [-0.15, -0.1) is 22.7 Å². The number of amides is 2. The molecule has 56 heavy (non-hydrogen) atoms. The Morgan fingerprint density at radius 1 is 0.536 bits per heavy atom. The number of carbonyl (C=O) groups excluding carboxylic acids is 2. The zero-order chi connectivity index (χ0) is 39.3. The van der Waals surface area contributed by atoms with E-state index in [2.05, 4.69) is 25.6 Å². The molecule has 0 bridgehead atoms. The third kappa shape index (κ3) is 8.26. The molecule has 11 nitrogen and oxygen atoms in total. The second-order valence-corrected chi connectivity index (χ2v) is 14.5. The summed E-state index contributed by atoms with van der Waals surface area (Å²) in [4.78, 5) is 61.8. The number of benzene rings is 4. The average molecular weight is 819 g/mol. The predicted molar refractivity (Wildman–Crippen MR) is 221 cm³/mol. The molecule has 4 heterocycles. The van der Waals surface area contributed by atoms with Gasteiger partial charge in [-0.3, -0.25) is 14.6 Å². The summed E-state index contributed by atoms with van der Waals surface area (Å²) >= 11 is 14.1. The van der Waals surface area contributed by atoms with E-state index in [-0.39, 0.29) is 32.5 Å². The Bertz CT molecular complexity index is 2600. The summed E-state index contributed by atoms with van der Waals surface area (Å²) in [5.41, 5.74) is 4.79. The third-order valence-electron chi connectivity index (χ3n) is 8.29. The minimum atomic E-state index is -1.13. The lowest BCUT2D eigenvalue weighted by atomic mass is 10.0. The topological polar surface area (TPSA) is 171 Å². The molecule has 4 aromatic carbocycles. The van der Waals surface area contributed by atoms with Gasteiger partial charge in [-0.25, -0.2) is 19.6 Å². The number of hydrogen-bond donors (Lipinski definition) is 4. The van der Waals surface area contributed by atoms with Crippen LogP contribution in [0.1, 0.15) is 41.7 Å². The summed E-state index contributed by atoms with van der Waals surface area (Å²) in [6, 6.07) is 31.8. The maximum absolute atomic E-state index is 12.6. The number of hydrogen-bond acceptors (Lipinski definition) is 9. The molecule has 8 aromatic rings. The highest BCUT2D eigenvalue weighted by Gasteiger charge is 2.23. The Balaban J connectivity index is 0.000000172. The number of carboxylic acids is 2. The van der Waals surface area contributed by atoms with E-state index in [4.69, 9.17) is 23.2 Å². The molecule has 0 saturated carbocycles. The summed E-state index contributed by atoms with van der Waals surface area (Å²) in [5.74, 6) is -3.23. The molecular weight excluding hydrogens is 794 g/mol. The highest BCUT2D eigenvalue weighted by molar-refractivity contribution is 7.15. The Morgan fingerprint density at radius 3 is 1.54 bits per heavy atom. The van der Waals surface area contributed by atoms with Crippen LogP contribution < -0.4 is 10.6 Å². The predicted octanol–water partition coefficient (Wildman–Crippen LogP) is 10.5. The van der Waals surface area contributed by atoms with Crippen LogP contribution in [0.3, 0.4) is 0 Å². The summed E-state index contributed by atoms with van der Waals surface area (Å²) in [5, 5.41) is 30.6. The van der Waals surface area contributed by atoms with Gasteiger partial charge in [0.05, 0.1) is 22.7 Å². The minimum absolute atomic E-state index is 0.0226. The highest BCUT2D eigenvalue weighted by Crippen LogP contribution is 2.37. The van der Waals surface area contributed by atoms with E-state index < -0.39 is 23.8 Å². The van der Waals surface area contributed by atoms with Gasteiger partial charge in [0.25, 0.3) is 11.8 Å². The number of halogens is 2. The number of aromatic carboxylic acids is 2. The third-order valence-corrected chi connectivity index (χ3v) is 10.6. The molecule has 0 radical (unpaired) electrons. The van der Waals surface area contributed by atoms with Gasteiger partial charge in [-0.2, -0.15) is 0 Å². The van der Waals surface area contributed by atoms with Crippen molar-refractivity contribution in [3.63, 3.8) is 0 Å². The van der Waals surface area contributed by atoms with E-state index in [1.165, 1.54) is 6.20 Å². The molecule has 15 heteroatoms. The van der Waals surface area contributed by atoms with E-state index in [0.717, 1.165) is 28.1 Å². The first-order valence-electron chi connectivity index (χ1n) is 16.5. The number of pyridine rings is 1. The van der Waals surface area contributed by atoms with Gasteiger partial charge in [0.2, 0.25) is 0 Å². The van der Waals surface area contributed by atoms with Crippen molar-refractivity contribution >= 4 is 102 Å². The molecule has 0 unspecified atom stereocenters. The van der Waals surface area contributed by atoms with Crippen molar-refractivity contribution in [2.45, 2.75) is 0 Å². The second kappa shape index (κ2) is 16.5. The molecule has 276 valence electrons. The van der Waals surface area contributed by atoms with Gasteiger partial charge < -0.3 is 20.8 Å². The van der Waals surface area contributed by atoms with Crippen LogP contribution >= 0.6 is 45.9 Å². The summed E-state index contributed by atoms with van der Waals surface area (Å²) < 4.78 is 0. The lowest BCUT2D eigenvalue weighted by molar-refractivity contribution is 0.0688. The molecule has 0 aliphatic carbocycles. The number of rotatable bonds is 8. The van der Waals surface area contributed by atoms with Crippen LogP contribution in [-0.4, -0.2) is 48.9 Å². The van der Waals surface area contributed by atoms with Gasteiger partial charge in [-0.05, 0) is 59.7 Å². The van der Waals surface area contributed by atoms with Crippen LogP contribution in [0.15, 0.2) is 126 Å². The van der Waals surface area contributed by atoms with Gasteiger partial charge >= 0.3 is 11.9 Å². The fourth-order valence-corrected chi connectivity index (χ4v) is 7.77. The molecule has 4 aromatic heterocycles. The fraction of sp³-hybridized carbons (Fsp3) is 0. The Kier molecular flexibility index (Phi) is 11.1. The Hall–Kier alpha value is -6.51. The number of thiophene rings is 2. The number of nitrogens with zero attached hydrogens (tertiary/aromatic N) is 3. The Labute approximate surface area is 335 Å². The van der Waals surface area contributed by atoms with Gasteiger partial charge in [0, 0.05) is 37.3 Å². The molecule has 0 spiro atoms. The molecule has 4 N–H and O–H groups in total. The molecule has 0 saturated heterocycles. The van der Waals surface area contributed by atoms with E-state index in [9.17, 15) is 29.4 Å². The van der Waals surface area contributed by atoms with E-state index in [1.54, 1.807) is 83.6 Å². The van der Waals surface area contributed by atoms with Crippen LogP contribution in [0.4, 0.5) is 10.0 Å². The van der Waals surface area contributed by atoms with Crippen LogP contribution in [0.5, 0.6) is 0 Å². The van der Waals surface area contributed by atoms with Crippen LogP contribution in [0.2, 0.25) is 10.0 Å². The van der Waals surface area contributed by atoms with Crippen LogP contribution in [0.25, 0.3) is 44.2 Å². The first-order valence-corrected chi connectivity index (χ1v) is 19.0. The van der Waals surface area contributed by atoms with Crippen LogP contribution in [-0.2, 0) is 0 Å². The quantitative estimate of drug-likeness (QED) is 0.116. The van der Waals surface area contributed by atoms with Gasteiger partial charge in [0.15, 0.2) is 0 Å².